The highest BCUT2D eigenvalue weighted by molar-refractivity contribution is 8.13. The van der Waals surface area contributed by atoms with Gasteiger partial charge in [0.05, 0.1) is 0 Å². The highest BCUT2D eigenvalue weighted by Gasteiger charge is 2.07. The first-order valence-electron chi connectivity index (χ1n) is 6.13. The van der Waals surface area contributed by atoms with Crippen LogP contribution in [0.15, 0.2) is 47.5 Å². The van der Waals surface area contributed by atoms with Crippen molar-refractivity contribution < 1.29 is 4.74 Å². The molecular weight excluding hydrogens is 341 g/mol. The number of ether oxygens (including phenoxy) is 1. The van der Waals surface area contributed by atoms with Gasteiger partial charge in [0.2, 0.25) is 0 Å². The van der Waals surface area contributed by atoms with Crippen molar-refractivity contribution in [2.45, 2.75) is 0 Å². The van der Waals surface area contributed by atoms with Crippen molar-refractivity contribution in [3.05, 3.63) is 52.5 Å². The average molecular weight is 352 g/mol. The second-order valence-electron chi connectivity index (χ2n) is 4.03. The molecule has 0 radical (unpaired) electrons. The van der Waals surface area contributed by atoms with E-state index in [4.69, 9.17) is 33.2 Å². The maximum Gasteiger partial charge on any atom is 0.183 e. The van der Waals surface area contributed by atoms with Gasteiger partial charge in [-0.05, 0) is 48.7 Å². The fourth-order valence-electron chi connectivity index (χ4n) is 1.58. The first-order valence-corrected chi connectivity index (χ1v) is 8.11. The summed E-state index contributed by atoms with van der Waals surface area (Å²) >= 11 is 13.2. The Balaban J connectivity index is 2.35. The van der Waals surface area contributed by atoms with Crippen molar-refractivity contribution in [2.24, 2.45) is 4.99 Å². The van der Waals surface area contributed by atoms with Crippen molar-refractivity contribution in [2.75, 3.05) is 6.26 Å². The first kappa shape index (κ1) is 16.5. The van der Waals surface area contributed by atoms with Crippen LogP contribution in [0.1, 0.15) is 0 Å². The number of thioether (sulfide) groups is 1. The molecule has 0 fully saturated rings. The first-order chi connectivity index (χ1) is 10.6. The number of nitrogens with zero attached hydrogens (tertiary/aromatic N) is 2. The number of benzene rings is 2. The molecule has 112 valence electrons. The van der Waals surface area contributed by atoms with Crippen molar-refractivity contribution >= 4 is 45.8 Å². The van der Waals surface area contributed by atoms with Gasteiger partial charge in [0.25, 0.3) is 0 Å². The summed E-state index contributed by atoms with van der Waals surface area (Å²) in [5, 5.41) is 12.8. The molecule has 2 aromatic carbocycles. The minimum Gasteiger partial charge on any atom is -0.455 e. The van der Waals surface area contributed by atoms with Crippen molar-refractivity contribution in [3.8, 4) is 17.7 Å². The van der Waals surface area contributed by atoms with Gasteiger partial charge in [0, 0.05) is 10.0 Å². The predicted octanol–water partition coefficient (Wildman–Crippen LogP) is 5.21. The van der Waals surface area contributed by atoms with E-state index in [0.717, 1.165) is 0 Å². The zero-order valence-corrected chi connectivity index (χ0v) is 13.8. The number of nitriles is 1. The highest BCUT2D eigenvalue weighted by atomic mass is 35.5. The lowest BCUT2D eigenvalue weighted by atomic mass is 10.3. The molecule has 0 aromatic heterocycles. The maximum atomic E-state index is 8.71. The molecule has 0 bridgehead atoms. The van der Waals surface area contributed by atoms with E-state index in [1.165, 1.54) is 11.8 Å². The molecule has 0 aliphatic heterocycles. The van der Waals surface area contributed by atoms with E-state index in [-0.39, 0.29) is 0 Å². The summed E-state index contributed by atoms with van der Waals surface area (Å²) in [6.45, 7) is 0. The van der Waals surface area contributed by atoms with E-state index < -0.39 is 0 Å². The van der Waals surface area contributed by atoms with Crippen molar-refractivity contribution in [1.82, 2.24) is 5.32 Å². The molecule has 7 heteroatoms. The van der Waals surface area contributed by atoms with Gasteiger partial charge in [-0.25, -0.2) is 4.99 Å². The summed E-state index contributed by atoms with van der Waals surface area (Å²) < 4.78 is 5.80. The Morgan fingerprint density at radius 1 is 1.18 bits per heavy atom. The minimum atomic E-state index is 0.450. The lowest BCUT2D eigenvalue weighted by Crippen LogP contribution is -2.12. The number of nitrogens with one attached hydrogen (secondary N) is 1. The number of halogens is 2. The van der Waals surface area contributed by atoms with Crippen molar-refractivity contribution in [1.29, 1.82) is 5.26 Å². The van der Waals surface area contributed by atoms with E-state index in [1.54, 1.807) is 42.5 Å². The van der Waals surface area contributed by atoms with E-state index in [0.29, 0.717) is 32.4 Å². The Morgan fingerprint density at radius 2 is 1.86 bits per heavy atom. The number of amidine groups is 1. The second kappa shape index (κ2) is 7.95. The van der Waals surface area contributed by atoms with E-state index in [9.17, 15) is 0 Å². The molecule has 0 spiro atoms. The SMILES string of the molecule is CSC(=Nc1cc(Cl)ccc1Oc1ccc(Cl)cc1)NC#N. The molecule has 4 nitrogen and oxygen atoms in total. The normalized spacial score (nSPS) is 10.9. The van der Waals surface area contributed by atoms with Crippen LogP contribution in [-0.2, 0) is 0 Å². The van der Waals surface area contributed by atoms with Crippen molar-refractivity contribution in [3.63, 3.8) is 0 Å². The summed E-state index contributed by atoms with van der Waals surface area (Å²) in [6.07, 6.45) is 3.65. The Labute approximate surface area is 142 Å². The minimum absolute atomic E-state index is 0.450. The highest BCUT2D eigenvalue weighted by Crippen LogP contribution is 2.35. The molecule has 0 aliphatic carbocycles. The summed E-state index contributed by atoms with van der Waals surface area (Å²) in [5.41, 5.74) is 0.523. The third kappa shape index (κ3) is 4.57. The van der Waals surface area contributed by atoms with Gasteiger partial charge in [0.15, 0.2) is 17.1 Å². The number of rotatable bonds is 3. The molecule has 0 amide bonds. The van der Waals surface area contributed by atoms with Crippen LogP contribution < -0.4 is 10.1 Å². The van der Waals surface area contributed by atoms with Crippen LogP contribution in [-0.4, -0.2) is 11.4 Å². The fraction of sp³-hybridized carbons (Fsp3) is 0.0667. The predicted molar refractivity (Wildman–Crippen MR) is 92.3 cm³/mol. The smallest absolute Gasteiger partial charge is 0.183 e. The van der Waals surface area contributed by atoms with E-state index >= 15 is 0 Å². The van der Waals surface area contributed by atoms with Gasteiger partial charge < -0.3 is 4.74 Å². The molecule has 22 heavy (non-hydrogen) atoms. The van der Waals surface area contributed by atoms with Crippen LogP contribution in [0.5, 0.6) is 11.5 Å². The van der Waals surface area contributed by atoms with Crippen LogP contribution in [0.2, 0.25) is 10.0 Å². The van der Waals surface area contributed by atoms with Crippen LogP contribution in [0.25, 0.3) is 0 Å². The molecule has 0 atom stereocenters. The zero-order valence-electron chi connectivity index (χ0n) is 11.5. The maximum absolute atomic E-state index is 8.71. The lowest BCUT2D eigenvalue weighted by Gasteiger charge is -2.10. The Hall–Kier alpha value is -1.87. The standard InChI is InChI=1S/C15H11Cl2N3OS/c1-22-15(19-9-18)20-13-8-11(17)4-7-14(13)21-12-5-2-10(16)3-6-12/h2-8H,1H3,(H,19,20). The molecule has 0 saturated heterocycles. The number of hydrogen-bond acceptors (Lipinski definition) is 4. The molecule has 1 N–H and O–H groups in total. The van der Waals surface area contributed by atoms with Crippen LogP contribution in [0.4, 0.5) is 5.69 Å². The fourth-order valence-corrected chi connectivity index (χ4v) is 2.21. The third-order valence-electron chi connectivity index (χ3n) is 2.54. The van der Waals surface area contributed by atoms with E-state index in [2.05, 4.69) is 10.3 Å². The molecule has 0 aliphatic rings. The van der Waals surface area contributed by atoms with Gasteiger partial charge in [0.1, 0.15) is 11.4 Å². The molecule has 0 heterocycles. The summed E-state index contributed by atoms with van der Waals surface area (Å²) in [4.78, 5) is 4.35. The molecular formula is C15H11Cl2N3OS. The molecule has 0 saturated carbocycles. The van der Waals surface area contributed by atoms with Gasteiger partial charge in [-0.2, -0.15) is 5.26 Å². The van der Waals surface area contributed by atoms with E-state index in [1.807, 2.05) is 12.4 Å². The lowest BCUT2D eigenvalue weighted by molar-refractivity contribution is 0.484. The summed E-state index contributed by atoms with van der Waals surface area (Å²) in [5.74, 6) is 1.15. The molecule has 0 unspecified atom stereocenters. The van der Waals surface area contributed by atoms with Crippen LogP contribution in [0.3, 0.4) is 0 Å². The molecule has 2 aromatic rings. The largest absolute Gasteiger partial charge is 0.455 e. The zero-order chi connectivity index (χ0) is 15.9. The number of aliphatic imine (C=N–C) groups is 1. The Bertz CT molecular complexity index is 727. The van der Waals surface area contributed by atoms with Gasteiger partial charge in [-0.15, -0.1) is 0 Å². The Morgan fingerprint density at radius 3 is 2.50 bits per heavy atom. The Kier molecular flexibility index (Phi) is 5.96. The van der Waals surface area contributed by atoms with Crippen LogP contribution in [0, 0.1) is 11.5 Å². The van der Waals surface area contributed by atoms with Gasteiger partial charge in [-0.3, -0.25) is 5.32 Å². The summed E-state index contributed by atoms with van der Waals surface area (Å²) in [7, 11) is 0. The van der Waals surface area contributed by atoms with Crippen LogP contribution >= 0.6 is 35.0 Å². The quantitative estimate of drug-likeness (QED) is 0.357. The van der Waals surface area contributed by atoms with Gasteiger partial charge in [-0.1, -0.05) is 35.0 Å². The van der Waals surface area contributed by atoms with Gasteiger partial charge >= 0.3 is 0 Å². The average Bonchev–Trinajstić information content (AvgIpc) is 2.51. The third-order valence-corrected chi connectivity index (χ3v) is 3.61. The number of hydrogen-bond donors (Lipinski definition) is 1. The molecule has 2 rings (SSSR count). The second-order valence-corrected chi connectivity index (χ2v) is 5.69. The summed E-state index contributed by atoms with van der Waals surface area (Å²) in [6, 6.07) is 12.1. The monoisotopic (exact) mass is 351 g/mol. The topological polar surface area (TPSA) is 57.4 Å².